The second kappa shape index (κ2) is 11.2. The molecule has 5 rings (SSSR count). The molecule has 1 aliphatic heterocycles. The molecule has 1 aromatic carbocycles. The molecule has 4 aromatic rings. The van der Waals surface area contributed by atoms with Gasteiger partial charge in [-0.2, -0.15) is 0 Å². The second-order valence-corrected chi connectivity index (χ2v) is 10.9. The molecule has 3 aromatic heterocycles. The van der Waals surface area contributed by atoms with Crippen LogP contribution in [-0.4, -0.2) is 64.4 Å². The molecule has 3 N–H and O–H groups in total. The molecule has 0 spiro atoms. The Kier molecular flexibility index (Phi) is 7.57. The molecule has 4 heterocycles. The van der Waals surface area contributed by atoms with Crippen LogP contribution in [-0.2, 0) is 16.0 Å². The largest absolute Gasteiger partial charge is 0.354 e. The summed E-state index contributed by atoms with van der Waals surface area (Å²) >= 11 is 3.07. The molecule has 0 radical (unpaired) electrons. The highest BCUT2D eigenvalue weighted by molar-refractivity contribution is 7.24. The van der Waals surface area contributed by atoms with Gasteiger partial charge in [0.25, 0.3) is 0 Å². The minimum Gasteiger partial charge on any atom is -0.354 e. The summed E-state index contributed by atoms with van der Waals surface area (Å²) in [4.78, 5) is 40.3. The van der Waals surface area contributed by atoms with E-state index in [0.29, 0.717) is 18.1 Å². The standard InChI is InChI=1S/C25H29N7O2S2/c1-16-22-18(35-24(30-22)28-14-20(33)27-10-8-17-7-3-4-9-26-17)13-19-23(16)31-25(36-19)29-15-21(34)32-11-5-2-6-12-32/h3-4,7,9,13H,2,5-6,8,10-12,14-15H2,1H3,(H,27,33)(H,28,30)(H,29,31). The topological polar surface area (TPSA) is 112 Å². The van der Waals surface area contributed by atoms with E-state index in [4.69, 9.17) is 9.97 Å². The maximum atomic E-state index is 12.5. The number of pyridine rings is 1. The number of likely N-dealkylation sites (tertiary alicyclic amines) is 1. The average molecular weight is 524 g/mol. The number of piperidine rings is 1. The number of nitrogens with zero attached hydrogens (tertiary/aromatic N) is 4. The molecule has 2 amide bonds. The van der Waals surface area contributed by atoms with Gasteiger partial charge in [-0.3, -0.25) is 14.6 Å². The molecule has 188 valence electrons. The van der Waals surface area contributed by atoms with E-state index in [0.717, 1.165) is 62.8 Å². The highest BCUT2D eigenvalue weighted by Gasteiger charge is 2.18. The van der Waals surface area contributed by atoms with Crippen molar-refractivity contribution >= 4 is 65.2 Å². The molecular weight excluding hydrogens is 494 g/mol. The van der Waals surface area contributed by atoms with Gasteiger partial charge < -0.3 is 20.9 Å². The Morgan fingerprint density at radius 2 is 1.67 bits per heavy atom. The summed E-state index contributed by atoms with van der Waals surface area (Å²) in [6, 6.07) is 7.85. The summed E-state index contributed by atoms with van der Waals surface area (Å²) in [5.41, 5.74) is 3.72. The predicted molar refractivity (Wildman–Crippen MR) is 146 cm³/mol. The van der Waals surface area contributed by atoms with Crippen LogP contribution in [0.4, 0.5) is 10.3 Å². The van der Waals surface area contributed by atoms with Gasteiger partial charge in [-0.1, -0.05) is 28.7 Å². The van der Waals surface area contributed by atoms with Crippen LogP contribution in [0.2, 0.25) is 0 Å². The molecule has 1 aliphatic rings. The third-order valence-electron chi connectivity index (χ3n) is 6.21. The lowest BCUT2D eigenvalue weighted by Gasteiger charge is -2.26. The molecule has 36 heavy (non-hydrogen) atoms. The molecular formula is C25H29N7O2S2. The number of carbonyl (C=O) groups is 2. The van der Waals surface area contributed by atoms with Crippen LogP contribution in [0.25, 0.3) is 20.4 Å². The zero-order valence-electron chi connectivity index (χ0n) is 20.2. The number of hydrogen-bond donors (Lipinski definition) is 3. The molecule has 1 saturated heterocycles. The second-order valence-electron chi connectivity index (χ2n) is 8.80. The van der Waals surface area contributed by atoms with Crippen LogP contribution in [0, 0.1) is 6.92 Å². The monoisotopic (exact) mass is 523 g/mol. The van der Waals surface area contributed by atoms with Gasteiger partial charge in [0.2, 0.25) is 11.8 Å². The number of benzene rings is 1. The fourth-order valence-electron chi connectivity index (χ4n) is 4.28. The van der Waals surface area contributed by atoms with Gasteiger partial charge >= 0.3 is 0 Å². The molecule has 0 saturated carbocycles. The van der Waals surface area contributed by atoms with Gasteiger partial charge in [0.1, 0.15) is 0 Å². The summed E-state index contributed by atoms with van der Waals surface area (Å²) in [7, 11) is 0. The minimum absolute atomic E-state index is 0.0839. The normalized spacial score (nSPS) is 13.8. The van der Waals surface area contributed by atoms with Crippen molar-refractivity contribution in [1.82, 2.24) is 25.2 Å². The van der Waals surface area contributed by atoms with E-state index in [1.807, 2.05) is 30.0 Å². The molecule has 9 nitrogen and oxygen atoms in total. The lowest BCUT2D eigenvalue weighted by molar-refractivity contribution is -0.130. The van der Waals surface area contributed by atoms with Crippen molar-refractivity contribution < 1.29 is 9.59 Å². The quantitative estimate of drug-likeness (QED) is 0.306. The summed E-state index contributed by atoms with van der Waals surface area (Å²) in [6.45, 7) is 4.69. The number of rotatable bonds is 9. The Morgan fingerprint density at radius 1 is 0.972 bits per heavy atom. The van der Waals surface area contributed by atoms with Gasteiger partial charge in [0, 0.05) is 43.5 Å². The maximum absolute atomic E-state index is 12.5. The first-order chi connectivity index (χ1) is 17.6. The van der Waals surface area contributed by atoms with Crippen molar-refractivity contribution in [3.63, 3.8) is 0 Å². The van der Waals surface area contributed by atoms with E-state index in [2.05, 4.69) is 27.0 Å². The van der Waals surface area contributed by atoms with E-state index < -0.39 is 0 Å². The number of hydrogen-bond acceptors (Lipinski definition) is 9. The van der Waals surface area contributed by atoms with Crippen molar-refractivity contribution in [3.05, 3.63) is 41.7 Å². The van der Waals surface area contributed by atoms with E-state index in [1.165, 1.54) is 17.8 Å². The van der Waals surface area contributed by atoms with Crippen LogP contribution >= 0.6 is 22.7 Å². The third kappa shape index (κ3) is 5.73. The van der Waals surface area contributed by atoms with Crippen molar-refractivity contribution in [2.45, 2.75) is 32.6 Å². The molecule has 0 bridgehead atoms. The Balaban J connectivity index is 1.17. The molecule has 0 aliphatic carbocycles. The van der Waals surface area contributed by atoms with Crippen LogP contribution in [0.3, 0.4) is 0 Å². The predicted octanol–water partition coefficient (Wildman–Crippen LogP) is 3.80. The van der Waals surface area contributed by atoms with Crippen molar-refractivity contribution in [2.75, 3.05) is 43.4 Å². The van der Waals surface area contributed by atoms with Gasteiger partial charge in [-0.05, 0) is 44.4 Å². The smallest absolute Gasteiger partial charge is 0.241 e. The first-order valence-electron chi connectivity index (χ1n) is 12.2. The highest BCUT2D eigenvalue weighted by atomic mass is 32.1. The van der Waals surface area contributed by atoms with Gasteiger partial charge in [-0.25, -0.2) is 9.97 Å². The number of aromatic nitrogens is 3. The highest BCUT2D eigenvalue weighted by Crippen LogP contribution is 2.36. The van der Waals surface area contributed by atoms with E-state index in [9.17, 15) is 9.59 Å². The minimum atomic E-state index is -0.0839. The number of fused-ring (bicyclic) bond motifs is 2. The summed E-state index contributed by atoms with van der Waals surface area (Å²) in [6.07, 6.45) is 5.82. The SMILES string of the molecule is Cc1c2nc(NCC(=O)NCCc3ccccn3)sc2cc2sc(NCC(=O)N3CCCCC3)nc12. The number of carbonyl (C=O) groups excluding carboxylic acids is 2. The van der Waals surface area contributed by atoms with E-state index in [-0.39, 0.29) is 24.9 Å². The van der Waals surface area contributed by atoms with Crippen molar-refractivity contribution in [1.29, 1.82) is 0 Å². The van der Waals surface area contributed by atoms with Crippen LogP contribution in [0.1, 0.15) is 30.5 Å². The Morgan fingerprint density at radius 3 is 2.33 bits per heavy atom. The Bertz CT molecular complexity index is 1360. The summed E-state index contributed by atoms with van der Waals surface area (Å²) in [5, 5.41) is 10.7. The summed E-state index contributed by atoms with van der Waals surface area (Å²) in [5.74, 6) is 0.0455. The van der Waals surface area contributed by atoms with Crippen molar-refractivity contribution in [2.24, 2.45) is 0 Å². The van der Waals surface area contributed by atoms with Crippen molar-refractivity contribution in [3.8, 4) is 0 Å². The molecule has 0 unspecified atom stereocenters. The van der Waals surface area contributed by atoms with E-state index >= 15 is 0 Å². The number of thiazole rings is 2. The van der Waals surface area contributed by atoms with Gasteiger partial charge in [-0.15, -0.1) is 0 Å². The lowest BCUT2D eigenvalue weighted by Crippen LogP contribution is -2.39. The Labute approximate surface area is 217 Å². The Hall–Kier alpha value is -3.31. The zero-order valence-corrected chi connectivity index (χ0v) is 21.8. The van der Waals surface area contributed by atoms with Gasteiger partial charge in [0.05, 0.1) is 33.5 Å². The van der Waals surface area contributed by atoms with E-state index in [1.54, 1.807) is 17.5 Å². The summed E-state index contributed by atoms with van der Waals surface area (Å²) < 4.78 is 2.09. The van der Waals surface area contributed by atoms with Crippen LogP contribution < -0.4 is 16.0 Å². The maximum Gasteiger partial charge on any atom is 0.241 e. The first-order valence-corrected chi connectivity index (χ1v) is 13.8. The third-order valence-corrected chi connectivity index (χ3v) is 8.13. The average Bonchev–Trinajstić information content (AvgIpc) is 3.51. The molecule has 11 heteroatoms. The number of nitrogens with one attached hydrogen (secondary N) is 3. The van der Waals surface area contributed by atoms with Crippen LogP contribution in [0.5, 0.6) is 0 Å². The fraction of sp³-hybridized carbons (Fsp3) is 0.400. The van der Waals surface area contributed by atoms with Crippen LogP contribution in [0.15, 0.2) is 30.5 Å². The molecule has 0 atom stereocenters. The zero-order chi connectivity index (χ0) is 24.9. The number of amides is 2. The fourth-order valence-corrected chi connectivity index (χ4v) is 6.28. The first kappa shape index (κ1) is 24.4. The number of anilines is 2. The molecule has 1 fully saturated rings. The number of aryl methyl sites for hydroxylation is 1. The lowest BCUT2D eigenvalue weighted by atomic mass is 10.1. The van der Waals surface area contributed by atoms with Gasteiger partial charge in [0.15, 0.2) is 10.3 Å².